The van der Waals surface area contributed by atoms with Crippen molar-refractivity contribution in [2.24, 2.45) is 0 Å². The summed E-state index contributed by atoms with van der Waals surface area (Å²) in [5.41, 5.74) is 3.31. The molecule has 1 aromatic carbocycles. The number of sulfonamides is 2. The highest BCUT2D eigenvalue weighted by molar-refractivity contribution is 7.90. The minimum atomic E-state index is -3.52. The summed E-state index contributed by atoms with van der Waals surface area (Å²) >= 11 is 0. The second-order valence-electron chi connectivity index (χ2n) is 5.14. The zero-order valence-electron chi connectivity index (χ0n) is 12.8. The van der Waals surface area contributed by atoms with E-state index in [0.29, 0.717) is 0 Å². The van der Waals surface area contributed by atoms with Crippen LogP contribution in [0.4, 0.5) is 0 Å². The summed E-state index contributed by atoms with van der Waals surface area (Å²) in [6.45, 7) is 3.22. The Morgan fingerprint density at radius 3 is 2.43 bits per heavy atom. The summed E-state index contributed by atoms with van der Waals surface area (Å²) in [6.07, 6.45) is 0. The van der Waals surface area contributed by atoms with Gasteiger partial charge in [-0.1, -0.05) is 18.2 Å². The van der Waals surface area contributed by atoms with Gasteiger partial charge in [0.2, 0.25) is 20.0 Å². The van der Waals surface area contributed by atoms with E-state index in [1.165, 1.54) is 18.1 Å². The van der Waals surface area contributed by atoms with E-state index in [1.807, 2.05) is 18.2 Å². The van der Waals surface area contributed by atoms with Crippen LogP contribution in [0.3, 0.4) is 0 Å². The molecule has 0 spiro atoms. The summed E-state index contributed by atoms with van der Waals surface area (Å²) in [7, 11) is -6.88. The molecular weight excluding hydrogens is 362 g/mol. The molecule has 7 nitrogen and oxygen atoms in total. The highest BCUT2D eigenvalue weighted by atomic mass is 35.5. The topological polar surface area (TPSA) is 104 Å². The molecule has 0 aliphatic carbocycles. The summed E-state index contributed by atoms with van der Waals surface area (Å²) in [6, 6.07) is 5.88. The summed E-state index contributed by atoms with van der Waals surface area (Å²) in [4.78, 5) is 0. The predicted octanol–water partition coefficient (Wildman–Crippen LogP) is 0.0703. The lowest BCUT2D eigenvalue weighted by molar-refractivity contribution is 0.575. The first-order chi connectivity index (χ1) is 10.3. The van der Waals surface area contributed by atoms with Gasteiger partial charge in [0.1, 0.15) is 0 Å². The lowest BCUT2D eigenvalue weighted by Crippen LogP contribution is -2.34. The highest BCUT2D eigenvalue weighted by Crippen LogP contribution is 2.16. The van der Waals surface area contributed by atoms with Crippen LogP contribution in [0.1, 0.15) is 23.6 Å². The molecule has 0 radical (unpaired) electrons. The van der Waals surface area contributed by atoms with E-state index >= 15 is 0 Å². The van der Waals surface area contributed by atoms with Crippen LogP contribution in [0, 0.1) is 0 Å². The van der Waals surface area contributed by atoms with Crippen molar-refractivity contribution in [1.29, 1.82) is 0 Å². The van der Waals surface area contributed by atoms with E-state index < -0.39 is 20.0 Å². The molecule has 0 saturated carbocycles. The third-order valence-corrected chi connectivity index (χ3v) is 6.20. The van der Waals surface area contributed by atoms with E-state index in [0.717, 1.165) is 18.7 Å². The number of benzene rings is 1. The Morgan fingerprint density at radius 1 is 1.04 bits per heavy atom. The van der Waals surface area contributed by atoms with Crippen LogP contribution < -0.4 is 14.8 Å². The Hall–Kier alpha value is -0.710. The second kappa shape index (κ2) is 8.41. The summed E-state index contributed by atoms with van der Waals surface area (Å²) in [5.74, 6) is -0.345. The van der Waals surface area contributed by atoms with Crippen molar-refractivity contribution < 1.29 is 16.8 Å². The molecule has 0 aromatic heterocycles. The fourth-order valence-electron chi connectivity index (χ4n) is 2.16. The molecule has 1 heterocycles. The number of nitrogens with one attached hydrogen (secondary N) is 3. The Balaban J connectivity index is 0.00000264. The molecule has 0 unspecified atom stereocenters. The van der Waals surface area contributed by atoms with Gasteiger partial charge in [-0.2, -0.15) is 0 Å². The maximum absolute atomic E-state index is 11.9. The Morgan fingerprint density at radius 2 is 1.74 bits per heavy atom. The van der Waals surface area contributed by atoms with Crippen molar-refractivity contribution in [2.75, 3.05) is 18.1 Å². The number of halogens is 1. The standard InChI is InChI=1S/C13H21N3O4S2.ClH/c1-2-21(17,18)15-5-6-22(19,20)16-8-11-3-4-12-9-14-10-13(12)7-11;/h3-4,7,14-16H,2,5-6,8-10H2,1H3;1H. The molecule has 1 aliphatic rings. The normalized spacial score (nSPS) is 14.3. The van der Waals surface area contributed by atoms with E-state index in [4.69, 9.17) is 0 Å². The number of fused-ring (bicyclic) bond motifs is 1. The smallest absolute Gasteiger partial charge is 0.213 e. The average molecular weight is 384 g/mol. The highest BCUT2D eigenvalue weighted by Gasteiger charge is 2.14. The lowest BCUT2D eigenvalue weighted by Gasteiger charge is -2.09. The van der Waals surface area contributed by atoms with E-state index in [1.54, 1.807) is 0 Å². The molecule has 23 heavy (non-hydrogen) atoms. The maximum atomic E-state index is 11.9. The van der Waals surface area contributed by atoms with E-state index in [-0.39, 0.29) is 37.0 Å². The maximum Gasteiger partial charge on any atom is 0.213 e. The van der Waals surface area contributed by atoms with Gasteiger partial charge in [-0.3, -0.25) is 0 Å². The van der Waals surface area contributed by atoms with Crippen LogP contribution in [0.25, 0.3) is 0 Å². The van der Waals surface area contributed by atoms with Crippen molar-refractivity contribution in [2.45, 2.75) is 26.6 Å². The van der Waals surface area contributed by atoms with Gasteiger partial charge < -0.3 is 5.32 Å². The number of hydrogen-bond acceptors (Lipinski definition) is 5. The second-order valence-corrected chi connectivity index (χ2v) is 9.17. The van der Waals surface area contributed by atoms with Gasteiger partial charge in [0, 0.05) is 26.2 Å². The summed E-state index contributed by atoms with van der Waals surface area (Å²) < 4.78 is 50.9. The van der Waals surface area contributed by atoms with E-state index in [2.05, 4.69) is 14.8 Å². The van der Waals surface area contributed by atoms with Crippen LogP contribution in [0.15, 0.2) is 18.2 Å². The van der Waals surface area contributed by atoms with Crippen LogP contribution >= 0.6 is 12.4 Å². The molecule has 10 heteroatoms. The van der Waals surface area contributed by atoms with Crippen LogP contribution in [-0.2, 0) is 39.7 Å². The van der Waals surface area contributed by atoms with Gasteiger partial charge in [-0.25, -0.2) is 26.3 Å². The number of hydrogen-bond donors (Lipinski definition) is 3. The van der Waals surface area contributed by atoms with Crippen molar-refractivity contribution in [3.8, 4) is 0 Å². The third-order valence-electron chi connectivity index (χ3n) is 3.47. The molecule has 0 amide bonds. The van der Waals surface area contributed by atoms with Gasteiger partial charge in [-0.15, -0.1) is 12.4 Å². The average Bonchev–Trinajstić information content (AvgIpc) is 2.92. The molecule has 0 saturated heterocycles. The van der Waals surface area contributed by atoms with Gasteiger partial charge >= 0.3 is 0 Å². The Labute approximate surface area is 143 Å². The monoisotopic (exact) mass is 383 g/mol. The Kier molecular flexibility index (Phi) is 7.43. The third kappa shape index (κ3) is 6.36. The van der Waals surface area contributed by atoms with Crippen molar-refractivity contribution in [3.05, 3.63) is 34.9 Å². The van der Waals surface area contributed by atoms with Crippen LogP contribution in [0.2, 0.25) is 0 Å². The zero-order valence-corrected chi connectivity index (χ0v) is 15.3. The zero-order chi connectivity index (χ0) is 16.2. The SMILES string of the molecule is CCS(=O)(=O)NCCS(=O)(=O)NCc1ccc2c(c1)CNC2.Cl. The molecule has 0 atom stereocenters. The molecule has 1 aromatic rings. The quantitative estimate of drug-likeness (QED) is 0.589. The van der Waals surface area contributed by atoms with Gasteiger partial charge in [0.25, 0.3) is 0 Å². The fraction of sp³-hybridized carbons (Fsp3) is 0.538. The first-order valence-electron chi connectivity index (χ1n) is 7.07. The van der Waals surface area contributed by atoms with Gasteiger partial charge in [0.05, 0.1) is 11.5 Å². The lowest BCUT2D eigenvalue weighted by atomic mass is 10.1. The molecule has 2 rings (SSSR count). The van der Waals surface area contributed by atoms with Crippen LogP contribution in [-0.4, -0.2) is 34.9 Å². The minimum absolute atomic E-state index is 0. The molecular formula is C13H22ClN3O4S2. The van der Waals surface area contributed by atoms with Crippen LogP contribution in [0.5, 0.6) is 0 Å². The number of rotatable bonds is 8. The molecule has 132 valence electrons. The first-order valence-corrected chi connectivity index (χ1v) is 10.4. The predicted molar refractivity (Wildman–Crippen MR) is 92.3 cm³/mol. The minimum Gasteiger partial charge on any atom is -0.309 e. The first kappa shape index (κ1) is 20.3. The molecule has 0 fully saturated rings. The van der Waals surface area contributed by atoms with E-state index in [9.17, 15) is 16.8 Å². The largest absolute Gasteiger partial charge is 0.309 e. The molecule has 0 bridgehead atoms. The summed E-state index contributed by atoms with van der Waals surface area (Å²) in [5, 5.41) is 3.23. The van der Waals surface area contributed by atoms with Gasteiger partial charge in [-0.05, 0) is 23.6 Å². The fourth-order valence-corrected chi connectivity index (χ4v) is 3.81. The molecule has 3 N–H and O–H groups in total. The Bertz CT molecular complexity index is 736. The van der Waals surface area contributed by atoms with Crippen molar-refractivity contribution >= 4 is 32.5 Å². The van der Waals surface area contributed by atoms with Crippen molar-refractivity contribution in [1.82, 2.24) is 14.8 Å². The molecule has 1 aliphatic heterocycles. The van der Waals surface area contributed by atoms with Crippen molar-refractivity contribution in [3.63, 3.8) is 0 Å². The van der Waals surface area contributed by atoms with Gasteiger partial charge in [0.15, 0.2) is 0 Å².